The van der Waals surface area contributed by atoms with Crippen molar-refractivity contribution in [1.82, 2.24) is 15.7 Å². The van der Waals surface area contributed by atoms with Crippen LogP contribution in [0.2, 0.25) is 0 Å². The quantitative estimate of drug-likeness (QED) is 0.459. The highest BCUT2D eigenvalue weighted by atomic mass is 16.2. The molecule has 3 aromatic rings. The fourth-order valence-corrected chi connectivity index (χ4v) is 3.06. The molecule has 0 aliphatic carbocycles. The van der Waals surface area contributed by atoms with Crippen LogP contribution in [-0.2, 0) is 10.2 Å². The maximum atomic E-state index is 12.2. The molecular weight excluding hydrogens is 364 g/mol. The van der Waals surface area contributed by atoms with Gasteiger partial charge in [-0.15, -0.1) is 0 Å². The number of rotatable bonds is 5. The number of benzene rings is 2. The molecule has 0 saturated heterocycles. The molecule has 6 nitrogen and oxygen atoms in total. The monoisotopic (exact) mass is 390 g/mol. The Morgan fingerprint density at radius 3 is 2.45 bits per heavy atom. The van der Waals surface area contributed by atoms with Crippen LogP contribution in [0.1, 0.15) is 48.0 Å². The van der Waals surface area contributed by atoms with Crippen LogP contribution in [-0.4, -0.2) is 29.6 Å². The Morgan fingerprint density at radius 1 is 1.07 bits per heavy atom. The average Bonchev–Trinajstić information content (AvgIpc) is 3.01. The zero-order valence-electron chi connectivity index (χ0n) is 17.2. The molecule has 1 heterocycles. The second-order valence-corrected chi connectivity index (χ2v) is 8.01. The van der Waals surface area contributed by atoms with Crippen LogP contribution < -0.4 is 10.7 Å². The molecular formula is C23H26N4O2. The van der Waals surface area contributed by atoms with E-state index in [2.05, 4.69) is 41.6 Å². The highest BCUT2D eigenvalue weighted by Crippen LogP contribution is 2.22. The van der Waals surface area contributed by atoms with Crippen LogP contribution in [0.3, 0.4) is 0 Å². The molecule has 0 unspecified atom stereocenters. The van der Waals surface area contributed by atoms with Crippen LogP contribution in [0.5, 0.6) is 0 Å². The van der Waals surface area contributed by atoms with E-state index in [-0.39, 0.29) is 17.9 Å². The zero-order chi connectivity index (χ0) is 21.0. The maximum Gasteiger partial charge on any atom is 0.259 e. The molecule has 0 aliphatic rings. The molecule has 6 heteroatoms. The van der Waals surface area contributed by atoms with E-state index < -0.39 is 5.91 Å². The van der Waals surface area contributed by atoms with E-state index in [1.165, 1.54) is 0 Å². The largest absolute Gasteiger partial charge is 0.358 e. The number of hydrogen-bond acceptors (Lipinski definition) is 3. The summed E-state index contributed by atoms with van der Waals surface area (Å²) >= 11 is 0. The number of para-hydroxylation sites is 1. The van der Waals surface area contributed by atoms with Gasteiger partial charge in [0.15, 0.2) is 0 Å². The van der Waals surface area contributed by atoms with Gasteiger partial charge in [-0.1, -0.05) is 51.1 Å². The van der Waals surface area contributed by atoms with E-state index in [4.69, 9.17) is 0 Å². The van der Waals surface area contributed by atoms with Crippen LogP contribution >= 0.6 is 0 Å². The standard InChI is InChI=1S/C23H26N4O2/c1-15-19(18-7-5-6-8-20(18)26-15)13-25-27-21(28)14-24-22(29)16-9-11-17(12-10-16)23(2,3)4/h5-13,26H,14H2,1-4H3,(H,24,29)(H,27,28). The van der Waals surface area contributed by atoms with Gasteiger partial charge in [-0.05, 0) is 36.1 Å². The zero-order valence-corrected chi connectivity index (χ0v) is 17.2. The molecule has 3 rings (SSSR count). The fraction of sp³-hybridized carbons (Fsp3) is 0.261. The van der Waals surface area contributed by atoms with E-state index >= 15 is 0 Å². The van der Waals surface area contributed by atoms with Crippen molar-refractivity contribution < 1.29 is 9.59 Å². The van der Waals surface area contributed by atoms with Gasteiger partial charge in [0.2, 0.25) is 0 Å². The van der Waals surface area contributed by atoms with Crippen molar-refractivity contribution in [3.63, 3.8) is 0 Å². The number of nitrogens with one attached hydrogen (secondary N) is 3. The molecule has 2 amide bonds. The van der Waals surface area contributed by atoms with E-state index in [9.17, 15) is 9.59 Å². The molecule has 150 valence electrons. The van der Waals surface area contributed by atoms with Crippen molar-refractivity contribution in [1.29, 1.82) is 0 Å². The summed E-state index contributed by atoms with van der Waals surface area (Å²) in [5.41, 5.74) is 7.04. The first-order valence-corrected chi connectivity index (χ1v) is 9.53. The highest BCUT2D eigenvalue weighted by Gasteiger charge is 2.14. The lowest BCUT2D eigenvalue weighted by Crippen LogP contribution is -2.34. The van der Waals surface area contributed by atoms with Gasteiger partial charge in [-0.2, -0.15) is 5.10 Å². The molecule has 0 bridgehead atoms. The van der Waals surface area contributed by atoms with Gasteiger partial charge in [-0.3, -0.25) is 9.59 Å². The topological polar surface area (TPSA) is 86.3 Å². The second kappa shape index (κ2) is 8.31. The Morgan fingerprint density at radius 2 is 1.76 bits per heavy atom. The van der Waals surface area contributed by atoms with Gasteiger partial charge in [0.25, 0.3) is 11.8 Å². The third-order valence-electron chi connectivity index (χ3n) is 4.75. The van der Waals surface area contributed by atoms with Gasteiger partial charge in [0.1, 0.15) is 0 Å². The number of aryl methyl sites for hydroxylation is 1. The lowest BCUT2D eigenvalue weighted by atomic mass is 9.87. The molecule has 0 atom stereocenters. The minimum Gasteiger partial charge on any atom is -0.358 e. The predicted octanol–water partition coefficient (Wildman–Crippen LogP) is 3.65. The molecule has 0 radical (unpaired) electrons. The number of amides is 2. The number of nitrogens with zero attached hydrogens (tertiary/aromatic N) is 1. The summed E-state index contributed by atoms with van der Waals surface area (Å²) in [6.45, 7) is 8.15. The third kappa shape index (κ3) is 4.90. The minimum absolute atomic E-state index is 0.0239. The summed E-state index contributed by atoms with van der Waals surface area (Å²) in [5.74, 6) is -0.685. The summed E-state index contributed by atoms with van der Waals surface area (Å²) in [7, 11) is 0. The summed E-state index contributed by atoms with van der Waals surface area (Å²) in [4.78, 5) is 27.5. The summed E-state index contributed by atoms with van der Waals surface area (Å²) in [6.07, 6.45) is 1.61. The lowest BCUT2D eigenvalue weighted by molar-refractivity contribution is -0.120. The SMILES string of the molecule is Cc1[nH]c2ccccc2c1C=NNC(=O)CNC(=O)c1ccc(C(C)(C)C)cc1. The van der Waals surface area contributed by atoms with E-state index in [0.29, 0.717) is 5.56 Å². The first-order chi connectivity index (χ1) is 13.8. The smallest absolute Gasteiger partial charge is 0.259 e. The third-order valence-corrected chi connectivity index (χ3v) is 4.75. The normalized spacial score (nSPS) is 11.7. The maximum absolute atomic E-state index is 12.2. The summed E-state index contributed by atoms with van der Waals surface area (Å²) < 4.78 is 0. The van der Waals surface area contributed by atoms with E-state index in [1.807, 2.05) is 43.3 Å². The van der Waals surface area contributed by atoms with Crippen molar-refractivity contribution in [3.05, 3.63) is 70.9 Å². The van der Waals surface area contributed by atoms with Gasteiger partial charge in [-0.25, -0.2) is 5.43 Å². The second-order valence-electron chi connectivity index (χ2n) is 8.01. The molecule has 0 fully saturated rings. The fourth-order valence-electron chi connectivity index (χ4n) is 3.06. The number of hydrazone groups is 1. The first kappa shape index (κ1) is 20.3. The lowest BCUT2D eigenvalue weighted by Gasteiger charge is -2.19. The van der Waals surface area contributed by atoms with Crippen LogP contribution in [0.25, 0.3) is 10.9 Å². The molecule has 3 N–H and O–H groups in total. The van der Waals surface area contributed by atoms with Crippen molar-refractivity contribution in [2.45, 2.75) is 33.1 Å². The molecule has 0 spiro atoms. The van der Waals surface area contributed by atoms with Crippen molar-refractivity contribution in [3.8, 4) is 0 Å². The Hall–Kier alpha value is -3.41. The van der Waals surface area contributed by atoms with Gasteiger partial charge < -0.3 is 10.3 Å². The van der Waals surface area contributed by atoms with Gasteiger partial charge in [0.05, 0.1) is 12.8 Å². The number of aromatic nitrogens is 1. The van der Waals surface area contributed by atoms with Crippen LogP contribution in [0.4, 0.5) is 0 Å². The Balaban J connectivity index is 1.54. The van der Waals surface area contributed by atoms with Crippen molar-refractivity contribution >= 4 is 28.9 Å². The molecule has 1 aromatic heterocycles. The Kier molecular flexibility index (Phi) is 5.82. The Labute approximate surface area is 170 Å². The number of aromatic amines is 1. The number of H-pyrrole nitrogens is 1. The molecule has 0 aliphatic heterocycles. The van der Waals surface area contributed by atoms with Gasteiger partial charge >= 0.3 is 0 Å². The molecule has 29 heavy (non-hydrogen) atoms. The summed E-state index contributed by atoms with van der Waals surface area (Å²) in [6, 6.07) is 15.3. The first-order valence-electron chi connectivity index (χ1n) is 9.53. The van der Waals surface area contributed by atoms with Gasteiger partial charge in [0, 0.05) is 27.7 Å². The van der Waals surface area contributed by atoms with E-state index in [1.54, 1.807) is 18.3 Å². The summed E-state index contributed by atoms with van der Waals surface area (Å²) in [5, 5.41) is 7.67. The average molecular weight is 390 g/mol. The van der Waals surface area contributed by atoms with E-state index in [0.717, 1.165) is 27.7 Å². The number of fused-ring (bicyclic) bond motifs is 1. The molecule has 2 aromatic carbocycles. The predicted molar refractivity (Wildman–Crippen MR) is 116 cm³/mol. The Bertz CT molecular complexity index is 1060. The number of hydrogen-bond donors (Lipinski definition) is 3. The highest BCUT2D eigenvalue weighted by molar-refractivity contribution is 6.01. The minimum atomic E-state index is -0.390. The van der Waals surface area contributed by atoms with Crippen LogP contribution in [0, 0.1) is 6.92 Å². The number of carbonyl (C=O) groups is 2. The van der Waals surface area contributed by atoms with Crippen molar-refractivity contribution in [2.75, 3.05) is 6.54 Å². The van der Waals surface area contributed by atoms with Crippen LogP contribution in [0.15, 0.2) is 53.6 Å². The number of carbonyl (C=O) groups excluding carboxylic acids is 2. The van der Waals surface area contributed by atoms with Crippen molar-refractivity contribution in [2.24, 2.45) is 5.10 Å². The molecule has 0 saturated carbocycles.